The van der Waals surface area contributed by atoms with Crippen LogP contribution in [0.5, 0.6) is 0 Å². The van der Waals surface area contributed by atoms with Crippen LogP contribution in [0.3, 0.4) is 0 Å². The number of aliphatic hydroxyl groups excluding tert-OH is 1. The van der Waals surface area contributed by atoms with Gasteiger partial charge >= 0.3 is 0 Å². The Balaban J connectivity index is 1.38. The largest absolute Gasteiger partial charge is 0.382 e. The van der Waals surface area contributed by atoms with Crippen LogP contribution in [0.1, 0.15) is 36.6 Å². The van der Waals surface area contributed by atoms with Crippen molar-refractivity contribution in [3.05, 3.63) is 82.3 Å². The van der Waals surface area contributed by atoms with Crippen LogP contribution in [0.15, 0.2) is 59.7 Å². The highest BCUT2D eigenvalue weighted by Gasteiger charge is 2.32. The molecule has 3 fully saturated rings. The van der Waals surface area contributed by atoms with Crippen LogP contribution in [0.4, 0.5) is 10.1 Å². The fourth-order valence-corrected chi connectivity index (χ4v) is 5.08. The van der Waals surface area contributed by atoms with Gasteiger partial charge in [-0.3, -0.25) is 4.79 Å². The van der Waals surface area contributed by atoms with Crippen LogP contribution in [0.25, 0.3) is 22.2 Å². The lowest BCUT2D eigenvalue weighted by atomic mass is 9.99. The average molecular weight is 474 g/mol. The van der Waals surface area contributed by atoms with Crippen LogP contribution >= 0.6 is 0 Å². The van der Waals surface area contributed by atoms with E-state index in [1.807, 2.05) is 18.2 Å². The number of rotatable bonds is 4. The van der Waals surface area contributed by atoms with Crippen LogP contribution in [0.2, 0.25) is 0 Å². The minimum atomic E-state index is -1.13. The second-order valence-corrected chi connectivity index (χ2v) is 9.10. The third-order valence-corrected chi connectivity index (χ3v) is 6.92. The topological polar surface area (TPSA) is 104 Å². The zero-order chi connectivity index (χ0) is 23.9. The quantitative estimate of drug-likeness (QED) is 0.468. The number of hydrogen-bond donors (Lipinski definition) is 2. The summed E-state index contributed by atoms with van der Waals surface area (Å²) in [5.74, 6) is -0.457. The molecule has 2 bridgehead atoms. The zero-order valence-electron chi connectivity index (χ0n) is 18.9. The average Bonchev–Trinajstić information content (AvgIpc) is 3.25. The Kier molecular flexibility index (Phi) is 5.50. The highest BCUT2D eigenvalue weighted by Crippen LogP contribution is 2.35. The third kappa shape index (κ3) is 4.06. The number of morpholine rings is 1. The Morgan fingerprint density at radius 3 is 2.89 bits per heavy atom. The summed E-state index contributed by atoms with van der Waals surface area (Å²) in [5, 5.41) is 17.7. The van der Waals surface area contributed by atoms with Crippen LogP contribution in [-0.4, -0.2) is 50.6 Å². The van der Waals surface area contributed by atoms with E-state index < -0.39 is 11.9 Å². The van der Waals surface area contributed by atoms with Gasteiger partial charge in [-0.15, -0.1) is 0 Å². The number of nitrogens with one attached hydrogen (secondary N) is 1. The number of aromatic nitrogens is 4. The maximum absolute atomic E-state index is 15.0. The van der Waals surface area contributed by atoms with E-state index in [2.05, 4.69) is 25.1 Å². The van der Waals surface area contributed by atoms with Gasteiger partial charge in [-0.2, -0.15) is 5.10 Å². The van der Waals surface area contributed by atoms with Crippen molar-refractivity contribution in [2.75, 3.05) is 18.1 Å². The predicted molar refractivity (Wildman–Crippen MR) is 129 cm³/mol. The SMILES string of the molecule is O=c1ccc(C(O)c2ccc(F)c(-c3ncnc4cc(N5CC6CCCC5CO6)ccc34)c2)n[nH]1. The molecule has 178 valence electrons. The van der Waals surface area contributed by atoms with Crippen LogP contribution in [0, 0.1) is 5.82 Å². The highest BCUT2D eigenvalue weighted by molar-refractivity contribution is 5.94. The van der Waals surface area contributed by atoms with Crippen molar-refractivity contribution in [3.8, 4) is 11.3 Å². The highest BCUT2D eigenvalue weighted by atomic mass is 19.1. The number of halogens is 1. The molecule has 0 saturated carbocycles. The predicted octanol–water partition coefficient (Wildman–Crippen LogP) is 3.36. The van der Waals surface area contributed by atoms with Gasteiger partial charge in [0.2, 0.25) is 0 Å². The van der Waals surface area contributed by atoms with Crippen molar-refractivity contribution < 1.29 is 14.2 Å². The summed E-state index contributed by atoms with van der Waals surface area (Å²) in [6.45, 7) is 1.60. The Morgan fingerprint density at radius 1 is 1.11 bits per heavy atom. The molecular weight excluding hydrogens is 449 g/mol. The summed E-state index contributed by atoms with van der Waals surface area (Å²) in [7, 11) is 0. The van der Waals surface area contributed by atoms with Gasteiger partial charge in [0.15, 0.2) is 0 Å². The fraction of sp³-hybridized carbons (Fsp3) is 0.308. The smallest absolute Gasteiger partial charge is 0.264 e. The first-order valence-corrected chi connectivity index (χ1v) is 11.7. The maximum atomic E-state index is 15.0. The first kappa shape index (κ1) is 21.8. The second-order valence-electron chi connectivity index (χ2n) is 9.10. The number of hydrogen-bond acceptors (Lipinski definition) is 7. The molecule has 2 aromatic heterocycles. The van der Waals surface area contributed by atoms with E-state index >= 15 is 0 Å². The molecule has 3 aliphatic rings. The van der Waals surface area contributed by atoms with Crippen LogP contribution < -0.4 is 10.5 Å². The van der Waals surface area contributed by atoms with E-state index in [4.69, 9.17) is 4.74 Å². The van der Waals surface area contributed by atoms with E-state index in [9.17, 15) is 14.3 Å². The number of benzene rings is 2. The maximum Gasteiger partial charge on any atom is 0.264 e. The van der Waals surface area contributed by atoms with Crippen molar-refractivity contribution in [1.82, 2.24) is 20.2 Å². The molecule has 8 nitrogen and oxygen atoms in total. The Bertz CT molecular complexity index is 1430. The number of ether oxygens (including phenoxy) is 1. The van der Waals surface area contributed by atoms with Gasteiger partial charge in [-0.05, 0) is 61.2 Å². The first-order chi connectivity index (χ1) is 17.1. The van der Waals surface area contributed by atoms with Gasteiger partial charge in [0, 0.05) is 29.2 Å². The molecule has 0 spiro atoms. The summed E-state index contributed by atoms with van der Waals surface area (Å²) in [5.41, 5.74) is 2.84. The van der Waals surface area contributed by atoms with Crippen molar-refractivity contribution >= 4 is 16.6 Å². The van der Waals surface area contributed by atoms with E-state index in [-0.39, 0.29) is 22.9 Å². The zero-order valence-corrected chi connectivity index (χ0v) is 18.9. The molecule has 3 saturated heterocycles. The monoisotopic (exact) mass is 473 g/mol. The number of aromatic amines is 1. The number of aliphatic hydroxyl groups is 1. The molecule has 2 N–H and O–H groups in total. The fourth-order valence-electron chi connectivity index (χ4n) is 5.08. The van der Waals surface area contributed by atoms with Crippen LogP contribution in [-0.2, 0) is 4.74 Å². The molecule has 0 radical (unpaired) electrons. The minimum Gasteiger partial charge on any atom is -0.382 e. The summed E-state index contributed by atoms with van der Waals surface area (Å²) < 4.78 is 20.9. The van der Waals surface area contributed by atoms with Gasteiger partial charge in [0.05, 0.1) is 35.7 Å². The molecule has 0 aliphatic carbocycles. The summed E-state index contributed by atoms with van der Waals surface area (Å²) >= 11 is 0. The Labute approximate surface area is 200 Å². The van der Waals surface area contributed by atoms with E-state index in [0.29, 0.717) is 17.3 Å². The summed E-state index contributed by atoms with van der Waals surface area (Å²) in [6.07, 6.45) is 3.92. The Morgan fingerprint density at radius 2 is 2.03 bits per heavy atom. The van der Waals surface area contributed by atoms with Crippen molar-refractivity contribution in [2.24, 2.45) is 0 Å². The van der Waals surface area contributed by atoms with Gasteiger partial charge in [0.25, 0.3) is 5.56 Å². The summed E-state index contributed by atoms with van der Waals surface area (Å²) in [6, 6.07) is 13.4. The molecule has 35 heavy (non-hydrogen) atoms. The van der Waals surface area contributed by atoms with Crippen molar-refractivity contribution in [2.45, 2.75) is 37.5 Å². The lowest BCUT2D eigenvalue weighted by Gasteiger charge is -2.38. The number of anilines is 1. The van der Waals surface area contributed by atoms with Gasteiger partial charge in [-0.1, -0.05) is 6.07 Å². The minimum absolute atomic E-state index is 0.255. The normalized spacial score (nSPS) is 20.7. The molecule has 3 unspecified atom stereocenters. The number of H-pyrrole nitrogens is 1. The lowest BCUT2D eigenvalue weighted by Crippen LogP contribution is -2.47. The molecule has 3 aliphatic heterocycles. The number of nitrogens with zero attached hydrogens (tertiary/aromatic N) is 4. The molecule has 2 aromatic carbocycles. The number of fused-ring (bicyclic) bond motifs is 5. The molecule has 7 rings (SSSR count). The van der Waals surface area contributed by atoms with Crippen molar-refractivity contribution in [1.29, 1.82) is 0 Å². The standard InChI is InChI=1S/C26H24FN5O3/c27-21-7-4-15(26(34)22-8-9-24(33)31-30-22)10-20(21)25-19-6-5-16(11-23(19)28-14-29-25)32-12-18-3-1-2-17(32)13-35-18/h4-11,14,17-18,26,34H,1-3,12-13H2,(H,31,33). The van der Waals surface area contributed by atoms with E-state index in [0.717, 1.165) is 42.6 Å². The van der Waals surface area contributed by atoms with Gasteiger partial charge in [-0.25, -0.2) is 19.5 Å². The summed E-state index contributed by atoms with van der Waals surface area (Å²) in [4.78, 5) is 22.6. The molecule has 4 aromatic rings. The first-order valence-electron chi connectivity index (χ1n) is 11.7. The van der Waals surface area contributed by atoms with Crippen molar-refractivity contribution in [3.63, 3.8) is 0 Å². The molecule has 5 heterocycles. The van der Waals surface area contributed by atoms with Gasteiger partial charge in [0.1, 0.15) is 18.2 Å². The molecule has 0 amide bonds. The molecule has 3 atom stereocenters. The third-order valence-electron chi connectivity index (χ3n) is 6.92. The second kappa shape index (κ2) is 8.83. The van der Waals surface area contributed by atoms with E-state index in [1.54, 1.807) is 6.07 Å². The van der Waals surface area contributed by atoms with E-state index in [1.165, 1.54) is 37.0 Å². The molecular formula is C26H24FN5O3. The lowest BCUT2D eigenvalue weighted by molar-refractivity contribution is 0.0308. The van der Waals surface area contributed by atoms with Gasteiger partial charge < -0.3 is 14.7 Å². The Hall–Kier alpha value is -3.69. The molecule has 9 heteroatoms.